The van der Waals surface area contributed by atoms with Crippen molar-refractivity contribution in [2.24, 2.45) is 16.2 Å². The van der Waals surface area contributed by atoms with Crippen LogP contribution in [0.4, 0.5) is 0 Å². The monoisotopic (exact) mass is 1120 g/mol. The second-order valence-corrected chi connectivity index (χ2v) is 27.3. The SMILES string of the molecule is CC(C)(C)C.CC(C)(C)C.CC(C)(C)C.c1ccc2c(c1)ccc1c2c2ccccc2n2c3ccccc3nc12.c1ccc2c(c1)ccc1c3ccccc3n3c4ccccc4nc3c21.c1ccc2c(c1)nc1c3ccccc3c3ccccc3n21. The van der Waals surface area contributed by atoms with Gasteiger partial charge in [0.15, 0.2) is 0 Å². The minimum absolute atomic E-state index is 0.500. The number of imidazole rings is 3. The Morgan fingerprint density at radius 1 is 0.209 bits per heavy atom. The summed E-state index contributed by atoms with van der Waals surface area (Å²) < 4.78 is 6.87. The maximum Gasteiger partial charge on any atom is 0.147 e. The molecule has 0 aliphatic heterocycles. The van der Waals surface area contributed by atoms with Crippen molar-refractivity contribution in [3.8, 4) is 0 Å². The van der Waals surface area contributed by atoms with Gasteiger partial charge in [0.25, 0.3) is 0 Å². The fourth-order valence-electron chi connectivity index (χ4n) is 11.4. The smallest absolute Gasteiger partial charge is 0.147 e. The van der Waals surface area contributed by atoms with E-state index in [2.05, 4.69) is 333 Å². The van der Waals surface area contributed by atoms with Gasteiger partial charge in [0.2, 0.25) is 0 Å². The number of rotatable bonds is 0. The minimum Gasteiger partial charge on any atom is -0.292 e. The number of hydrogen-bond donors (Lipinski definition) is 0. The number of para-hydroxylation sites is 9. The average molecular weight is 1120 g/mol. The fraction of sp³-hybridized carbons (Fsp3) is 0.188. The van der Waals surface area contributed by atoms with E-state index in [0.29, 0.717) is 16.2 Å². The Bertz CT molecular complexity index is 5300. The van der Waals surface area contributed by atoms with E-state index >= 15 is 0 Å². The standard InChI is InChI=1S/2C23H14N2.C19H12N2.3C5H12/c1-2-8-16-15(7-1)13-14-18-22(16)17-9-3-5-11-20(17)25-21-12-6-4-10-19(21)24-23(18)25;1-2-8-16-15(7-1)13-14-18-17-9-3-5-11-20(17)25-21-12-6-4-10-19(21)24-23(25)22(16)18;1-2-9-15-13(7-1)14-8-3-5-11-17(14)21-18-12-6-4-10-16(18)20-19(15)21;3*1-5(2,3)4/h2*1-14H;1-12H;3*1-4H3. The first kappa shape index (κ1) is 56.8. The topological polar surface area (TPSA) is 51.9 Å². The zero-order chi connectivity index (χ0) is 60.1. The van der Waals surface area contributed by atoms with Crippen LogP contribution in [0.25, 0.3) is 137 Å². The quantitative estimate of drug-likeness (QED) is 0.142. The fourth-order valence-corrected chi connectivity index (χ4v) is 11.4. The number of hydrogen-bond acceptors (Lipinski definition) is 3. The molecule has 0 atom stereocenters. The van der Waals surface area contributed by atoms with Crippen LogP contribution in [0.1, 0.15) is 83.1 Å². The van der Waals surface area contributed by atoms with E-state index in [1.165, 1.54) is 86.6 Å². The molecule has 0 spiro atoms. The number of aromatic nitrogens is 6. The highest BCUT2D eigenvalue weighted by Gasteiger charge is 2.18. The van der Waals surface area contributed by atoms with Gasteiger partial charge in [-0.1, -0.05) is 265 Å². The Morgan fingerprint density at radius 3 is 0.942 bits per heavy atom. The third-order valence-corrected chi connectivity index (χ3v) is 14.5. The Kier molecular flexibility index (Phi) is 15.0. The van der Waals surface area contributed by atoms with Crippen molar-refractivity contribution < 1.29 is 0 Å². The summed E-state index contributed by atoms with van der Waals surface area (Å²) in [6.07, 6.45) is 0. The van der Waals surface area contributed by atoms with Crippen LogP contribution < -0.4 is 0 Å². The highest BCUT2D eigenvalue weighted by atomic mass is 15.0. The summed E-state index contributed by atoms with van der Waals surface area (Å²) in [7, 11) is 0. The first-order valence-corrected chi connectivity index (χ1v) is 30.1. The van der Waals surface area contributed by atoms with Crippen LogP contribution in [0.2, 0.25) is 0 Å². The molecular weight excluding hydrogens is 1040 g/mol. The van der Waals surface area contributed by atoms with Gasteiger partial charge in [0.1, 0.15) is 16.9 Å². The molecule has 17 rings (SSSR count). The van der Waals surface area contributed by atoms with Gasteiger partial charge in [-0.15, -0.1) is 0 Å². The van der Waals surface area contributed by atoms with Crippen LogP contribution in [-0.2, 0) is 0 Å². The number of nitrogens with zero attached hydrogens (tertiary/aromatic N) is 6. The molecule has 0 radical (unpaired) electrons. The van der Waals surface area contributed by atoms with E-state index < -0.39 is 0 Å². The lowest BCUT2D eigenvalue weighted by molar-refractivity contribution is 0.469. The van der Waals surface area contributed by atoms with Gasteiger partial charge in [-0.25, -0.2) is 15.0 Å². The Hall–Kier alpha value is -9.65. The van der Waals surface area contributed by atoms with Gasteiger partial charge in [-0.2, -0.15) is 0 Å². The molecule has 0 amide bonds. The van der Waals surface area contributed by atoms with Crippen LogP contribution in [-0.4, -0.2) is 28.2 Å². The molecule has 0 bridgehead atoms. The average Bonchev–Trinajstić information content (AvgIpc) is 1.70. The van der Waals surface area contributed by atoms with Crippen LogP contribution in [0.3, 0.4) is 0 Å². The molecular formula is C80H76N6. The second kappa shape index (κ2) is 22.7. The van der Waals surface area contributed by atoms with Gasteiger partial charge in [0.05, 0.1) is 49.7 Å². The van der Waals surface area contributed by atoms with Crippen LogP contribution in [0, 0.1) is 16.2 Å². The molecule has 86 heavy (non-hydrogen) atoms. The van der Waals surface area contributed by atoms with Gasteiger partial charge in [-0.3, -0.25) is 13.2 Å². The van der Waals surface area contributed by atoms with Gasteiger partial charge < -0.3 is 0 Å². The zero-order valence-electron chi connectivity index (χ0n) is 51.8. The van der Waals surface area contributed by atoms with E-state index in [1.807, 2.05) is 6.07 Å². The summed E-state index contributed by atoms with van der Waals surface area (Å²) in [5.41, 5.74) is 14.8. The van der Waals surface area contributed by atoms with Crippen molar-refractivity contribution in [3.05, 3.63) is 243 Å². The molecule has 0 fully saturated rings. The molecule has 6 nitrogen and oxygen atoms in total. The molecule has 6 heterocycles. The van der Waals surface area contributed by atoms with E-state index in [1.54, 1.807) is 0 Å². The lowest BCUT2D eigenvalue weighted by Crippen LogP contribution is -1.93. The second-order valence-electron chi connectivity index (χ2n) is 27.3. The third-order valence-electron chi connectivity index (χ3n) is 14.5. The van der Waals surface area contributed by atoms with Crippen LogP contribution in [0.5, 0.6) is 0 Å². The normalized spacial score (nSPS) is 12.0. The molecule has 0 N–H and O–H groups in total. The molecule has 0 saturated heterocycles. The molecule has 0 saturated carbocycles. The molecule has 6 aromatic heterocycles. The number of benzene rings is 11. The first-order valence-electron chi connectivity index (χ1n) is 30.1. The van der Waals surface area contributed by atoms with Gasteiger partial charge in [-0.05, 0) is 109 Å². The van der Waals surface area contributed by atoms with Gasteiger partial charge >= 0.3 is 0 Å². The van der Waals surface area contributed by atoms with E-state index in [9.17, 15) is 0 Å². The van der Waals surface area contributed by atoms with Crippen molar-refractivity contribution in [1.29, 1.82) is 0 Å². The van der Waals surface area contributed by atoms with Crippen molar-refractivity contribution in [2.45, 2.75) is 83.1 Å². The summed E-state index contributed by atoms with van der Waals surface area (Å²) in [4.78, 5) is 14.8. The highest BCUT2D eigenvalue weighted by Crippen LogP contribution is 2.39. The van der Waals surface area contributed by atoms with Crippen molar-refractivity contribution in [3.63, 3.8) is 0 Å². The largest absolute Gasteiger partial charge is 0.292 e. The predicted octanol–water partition coefficient (Wildman–Crippen LogP) is 22.8. The van der Waals surface area contributed by atoms with Crippen molar-refractivity contribution in [1.82, 2.24) is 28.2 Å². The highest BCUT2D eigenvalue weighted by molar-refractivity contribution is 6.25. The minimum atomic E-state index is 0.500. The molecule has 0 unspecified atom stereocenters. The van der Waals surface area contributed by atoms with Crippen molar-refractivity contribution in [2.75, 3.05) is 0 Å². The van der Waals surface area contributed by atoms with E-state index in [4.69, 9.17) is 15.0 Å². The van der Waals surface area contributed by atoms with E-state index in [-0.39, 0.29) is 0 Å². The maximum absolute atomic E-state index is 5.01. The summed E-state index contributed by atoms with van der Waals surface area (Å²) in [6, 6.07) is 85.4. The predicted molar refractivity (Wildman–Crippen MR) is 374 cm³/mol. The molecule has 0 aliphatic rings. The molecule has 6 heteroatoms. The van der Waals surface area contributed by atoms with E-state index in [0.717, 1.165) is 50.0 Å². The molecule has 17 aromatic rings. The number of pyridine rings is 3. The van der Waals surface area contributed by atoms with Gasteiger partial charge in [0, 0.05) is 37.7 Å². The number of fused-ring (bicyclic) bond motifs is 28. The summed E-state index contributed by atoms with van der Waals surface area (Å²) in [5.74, 6) is 0. The molecule has 426 valence electrons. The first-order chi connectivity index (χ1) is 41.3. The lowest BCUT2D eigenvalue weighted by atomic mass is 9.99. The van der Waals surface area contributed by atoms with Crippen LogP contribution >= 0.6 is 0 Å². The maximum atomic E-state index is 5.01. The summed E-state index contributed by atoms with van der Waals surface area (Å²) in [5, 5.41) is 16.3. The zero-order valence-corrected chi connectivity index (χ0v) is 51.8. The molecule has 0 aliphatic carbocycles. The lowest BCUT2D eigenvalue weighted by Gasteiger charge is -2.11. The Balaban J connectivity index is 0.000000113. The van der Waals surface area contributed by atoms with Crippen LogP contribution in [0.15, 0.2) is 243 Å². The van der Waals surface area contributed by atoms with Crippen molar-refractivity contribution >= 4 is 137 Å². The summed E-state index contributed by atoms with van der Waals surface area (Å²) in [6.45, 7) is 26.2. The Labute approximate surface area is 504 Å². The Morgan fingerprint density at radius 2 is 0.488 bits per heavy atom. The third kappa shape index (κ3) is 11.4. The molecule has 11 aromatic carbocycles. The summed E-state index contributed by atoms with van der Waals surface area (Å²) >= 11 is 0.